The van der Waals surface area contributed by atoms with Crippen LogP contribution in [0.5, 0.6) is 0 Å². The van der Waals surface area contributed by atoms with Crippen LogP contribution >= 0.6 is 0 Å². The van der Waals surface area contributed by atoms with E-state index >= 15 is 0 Å². The fourth-order valence-corrected chi connectivity index (χ4v) is 15.3. The summed E-state index contributed by atoms with van der Waals surface area (Å²) in [5, 5.41) is 0. The third-order valence-electron chi connectivity index (χ3n) is 15.8. The third kappa shape index (κ3) is 11.0. The van der Waals surface area contributed by atoms with Crippen LogP contribution in [0.2, 0.25) is 0 Å². The Hall–Kier alpha value is -2.32. The van der Waals surface area contributed by atoms with E-state index in [1.54, 1.807) is 0 Å². The highest BCUT2D eigenvalue weighted by molar-refractivity contribution is 5.90. The Bertz CT molecular complexity index is 1980. The zero-order valence-corrected chi connectivity index (χ0v) is 45.5. The van der Waals surface area contributed by atoms with Crippen molar-refractivity contribution in [1.29, 1.82) is 0 Å². The van der Waals surface area contributed by atoms with Gasteiger partial charge in [0.15, 0.2) is 14.3 Å². The molecule has 8 rings (SSSR count). The molecule has 4 aliphatic rings. The lowest BCUT2D eigenvalue weighted by Crippen LogP contribution is -3.61. The number of halogens is 2. The van der Waals surface area contributed by atoms with Gasteiger partial charge in [0.2, 0.25) is 0 Å². The lowest BCUT2D eigenvalue weighted by atomic mass is 9.67. The Kier molecular flexibility index (Phi) is 16.1. The number of carbonyl (C=O) groups is 2. The van der Waals surface area contributed by atoms with Crippen LogP contribution in [0.1, 0.15) is 172 Å². The van der Waals surface area contributed by atoms with Gasteiger partial charge in [-0.3, -0.25) is 9.59 Å². The maximum absolute atomic E-state index is 11.8. The Labute approximate surface area is 399 Å². The molecule has 4 saturated carbocycles. The Balaban J connectivity index is 0.000000160. The fraction of sp³-hybridized carbons (Fsp3) is 0.552. The van der Waals surface area contributed by atoms with Crippen LogP contribution in [-0.4, -0.2) is 11.6 Å². The van der Waals surface area contributed by atoms with Crippen LogP contribution in [0, 0.1) is 47.8 Å². The van der Waals surface area contributed by atoms with Gasteiger partial charge < -0.3 is 0 Å². The summed E-state index contributed by atoms with van der Waals surface area (Å²) in [5.74, 6) is 2.47. The topological polar surface area (TPSA) is 34.1 Å². The first kappa shape index (κ1) is 50.7. The third-order valence-corrected chi connectivity index (χ3v) is 21.2. The van der Waals surface area contributed by atoms with Gasteiger partial charge in [-0.15, -0.1) is 0 Å². The van der Waals surface area contributed by atoms with Crippen molar-refractivity contribution in [2.24, 2.45) is 33.5 Å². The Morgan fingerprint density at radius 2 is 0.726 bits per heavy atom. The summed E-state index contributed by atoms with van der Waals surface area (Å²) in [4.78, 5) is 23.6. The van der Waals surface area contributed by atoms with Gasteiger partial charge in [0.1, 0.15) is 11.6 Å². The van der Waals surface area contributed by atoms with Gasteiger partial charge in [0, 0.05) is 23.7 Å². The summed E-state index contributed by atoms with van der Waals surface area (Å²) in [5.41, 5.74) is 5.70. The Morgan fingerprint density at radius 3 is 0.919 bits per heavy atom. The highest BCUT2D eigenvalue weighted by atomic mass is 127. The van der Waals surface area contributed by atoms with E-state index in [-0.39, 0.29) is 69.5 Å². The maximum Gasteiger partial charge on any atom is 0.357 e. The van der Waals surface area contributed by atoms with Gasteiger partial charge in [-0.05, 0) is 143 Å². The molecular formula is C58H80I2O2+2. The van der Waals surface area contributed by atoms with E-state index < -0.39 is 0 Å². The summed E-state index contributed by atoms with van der Waals surface area (Å²) in [6, 6.07) is 38.3. The zero-order chi connectivity index (χ0) is 45.9. The van der Waals surface area contributed by atoms with E-state index in [0.717, 1.165) is 38.5 Å². The molecule has 0 aromatic heterocycles. The second kappa shape index (κ2) is 19.6. The number of ketones is 2. The molecule has 2 nitrogen and oxygen atoms in total. The molecule has 4 aromatic rings. The molecule has 0 spiro atoms. The van der Waals surface area contributed by atoms with E-state index in [1.165, 1.54) is 43.8 Å². The van der Waals surface area contributed by atoms with E-state index in [4.69, 9.17) is 0 Å². The number of carbonyl (C=O) groups excluding carboxylic acids is 2. The van der Waals surface area contributed by atoms with Crippen molar-refractivity contribution in [3.8, 4) is 0 Å². The van der Waals surface area contributed by atoms with Crippen molar-refractivity contribution < 1.29 is 52.0 Å². The fourth-order valence-electron chi connectivity index (χ4n) is 11.0. The molecule has 4 aromatic carbocycles. The number of rotatable bonds is 6. The van der Waals surface area contributed by atoms with Gasteiger partial charge in [-0.25, -0.2) is 0 Å². The molecule has 4 aliphatic carbocycles. The molecule has 4 unspecified atom stereocenters. The van der Waals surface area contributed by atoms with Crippen molar-refractivity contribution in [3.05, 3.63) is 134 Å². The molecular weight excluding hydrogens is 982 g/mol. The smallest absolute Gasteiger partial charge is 0.299 e. The molecule has 4 heteroatoms. The van der Waals surface area contributed by atoms with E-state index in [1.807, 2.05) is 0 Å². The van der Waals surface area contributed by atoms with Gasteiger partial charge >= 0.3 is 42.4 Å². The average Bonchev–Trinajstić information content (AvgIpc) is 3.76. The van der Waals surface area contributed by atoms with E-state index in [9.17, 15) is 9.59 Å². The number of Topliss-reactive ketones (excluding diaryl/α,β-unsaturated/α-hetero) is 2. The summed E-state index contributed by atoms with van der Waals surface area (Å²) < 4.78 is 5.95. The number of hydrogen-bond acceptors (Lipinski definition) is 2. The molecule has 0 heterocycles. The monoisotopic (exact) mass is 1060 g/mol. The number of fused-ring (bicyclic) bond motifs is 4. The number of benzene rings is 4. The first-order chi connectivity index (χ1) is 28.8. The lowest BCUT2D eigenvalue weighted by Gasteiger charge is -2.35. The SMILES string of the molecule is CC(C)(C)c1ccc([I+]c2ccc(C(C)(C)C)cc2)cc1.CC(C)(C)c1ccc([I+]c2ccccc2)cc1.CCC12CCC(CC1=O)C2(C)C.CCC12CCC(CC1=O)C2(C)C. The molecule has 0 amide bonds. The van der Waals surface area contributed by atoms with Crippen LogP contribution in [0.3, 0.4) is 0 Å². The summed E-state index contributed by atoms with van der Waals surface area (Å²) in [6.45, 7) is 33.9. The Morgan fingerprint density at radius 1 is 0.452 bits per heavy atom. The van der Waals surface area contributed by atoms with Gasteiger partial charge in [0.05, 0.1) is 0 Å². The van der Waals surface area contributed by atoms with Crippen LogP contribution in [0.15, 0.2) is 103 Å². The van der Waals surface area contributed by atoms with Crippen molar-refractivity contribution >= 4 is 11.6 Å². The first-order valence-electron chi connectivity index (χ1n) is 23.5. The molecule has 62 heavy (non-hydrogen) atoms. The largest absolute Gasteiger partial charge is 0.357 e. The molecule has 0 saturated heterocycles. The van der Waals surface area contributed by atoms with Gasteiger partial charge in [-0.1, -0.05) is 158 Å². The van der Waals surface area contributed by atoms with Crippen LogP contribution < -0.4 is 42.4 Å². The van der Waals surface area contributed by atoms with Crippen molar-refractivity contribution in [2.45, 2.75) is 171 Å². The highest BCUT2D eigenvalue weighted by Gasteiger charge is 2.63. The minimum Gasteiger partial charge on any atom is -0.299 e. The minimum atomic E-state index is -0.0703. The van der Waals surface area contributed by atoms with Crippen LogP contribution in [0.25, 0.3) is 0 Å². The van der Waals surface area contributed by atoms with E-state index in [2.05, 4.69) is 207 Å². The second-order valence-electron chi connectivity index (χ2n) is 22.8. The molecule has 0 N–H and O–H groups in total. The summed E-state index contributed by atoms with van der Waals surface area (Å²) >= 11 is -0.0911. The standard InChI is InChI=1S/C20H26I.C16H18I.2C11H18O/c1-19(2,3)15-7-11-17(12-8-15)21-18-13-9-16(10-14-18)20(4,5)6;1-16(2,3)13-9-11-15(12-10-13)17-14-7-5-4-6-8-14;2*1-4-11-6-5-8(7-9(11)12)10(11,2)3/h7-14H,1-6H3;4-12H,1-3H3;2*8H,4-7H2,1-3H3/q2*+1;;. The minimum absolute atomic E-state index is 0.0208. The molecule has 0 aliphatic heterocycles. The predicted molar refractivity (Wildman–Crippen MR) is 254 cm³/mol. The molecule has 0 radical (unpaired) electrons. The predicted octanol–water partition coefficient (Wildman–Crippen LogP) is 9.11. The van der Waals surface area contributed by atoms with Crippen molar-refractivity contribution in [1.82, 2.24) is 0 Å². The second-order valence-corrected chi connectivity index (χ2v) is 28.9. The quantitative estimate of drug-likeness (QED) is 0.181. The normalized spacial score (nSPS) is 24.4. The van der Waals surface area contributed by atoms with Crippen molar-refractivity contribution in [2.75, 3.05) is 0 Å². The maximum atomic E-state index is 11.8. The molecule has 4 bridgehead atoms. The molecule has 4 fully saturated rings. The average molecular weight is 1060 g/mol. The zero-order valence-electron chi connectivity index (χ0n) is 41.2. The van der Waals surface area contributed by atoms with Gasteiger partial charge in [-0.2, -0.15) is 0 Å². The molecule has 4 atom stereocenters. The van der Waals surface area contributed by atoms with Gasteiger partial charge in [0.25, 0.3) is 0 Å². The van der Waals surface area contributed by atoms with Crippen LogP contribution in [-0.2, 0) is 25.8 Å². The highest BCUT2D eigenvalue weighted by Crippen LogP contribution is 2.66. The number of hydrogen-bond donors (Lipinski definition) is 0. The summed E-state index contributed by atoms with van der Waals surface area (Å²) in [7, 11) is 0. The van der Waals surface area contributed by atoms with Crippen molar-refractivity contribution in [3.63, 3.8) is 0 Å². The summed E-state index contributed by atoms with van der Waals surface area (Å²) in [6.07, 6.45) is 8.70. The van der Waals surface area contributed by atoms with Crippen LogP contribution in [0.4, 0.5) is 0 Å². The van der Waals surface area contributed by atoms with E-state index in [0.29, 0.717) is 34.2 Å². The first-order valence-corrected chi connectivity index (χ1v) is 27.8. The lowest BCUT2D eigenvalue weighted by molar-refractivity contribution is -0.597. The molecule has 336 valence electrons.